The molecular formula is C17H19BrN2O2S. The topological polar surface area (TPSA) is 41.6 Å². The van der Waals surface area contributed by atoms with Gasteiger partial charge in [0.15, 0.2) is 10.9 Å². The highest BCUT2D eigenvalue weighted by molar-refractivity contribution is 9.10. The fourth-order valence-corrected chi connectivity index (χ4v) is 3.90. The summed E-state index contributed by atoms with van der Waals surface area (Å²) in [6.45, 7) is 2.57. The summed E-state index contributed by atoms with van der Waals surface area (Å²) in [4.78, 5) is 14.4. The van der Waals surface area contributed by atoms with E-state index in [9.17, 15) is 4.79 Å². The third-order valence-corrected chi connectivity index (χ3v) is 5.30. The molecular weight excluding hydrogens is 376 g/mol. The Morgan fingerprint density at radius 2 is 2.22 bits per heavy atom. The smallest absolute Gasteiger partial charge is 0.173 e. The third-order valence-electron chi connectivity index (χ3n) is 4.28. The monoisotopic (exact) mass is 394 g/mol. The lowest BCUT2D eigenvalue weighted by atomic mass is 9.85. The molecule has 122 valence electrons. The van der Waals surface area contributed by atoms with Crippen molar-refractivity contribution in [3.63, 3.8) is 0 Å². The summed E-state index contributed by atoms with van der Waals surface area (Å²) in [6.07, 6.45) is 2.40. The Hall–Kier alpha value is -1.40. The van der Waals surface area contributed by atoms with E-state index in [0.717, 1.165) is 39.9 Å². The van der Waals surface area contributed by atoms with Gasteiger partial charge in [-0.05, 0) is 65.6 Å². The maximum absolute atomic E-state index is 12.5. The lowest BCUT2D eigenvalue weighted by molar-refractivity contribution is -0.116. The summed E-state index contributed by atoms with van der Waals surface area (Å²) in [5.41, 5.74) is 2.92. The number of rotatable bonds is 3. The summed E-state index contributed by atoms with van der Waals surface area (Å²) in [6, 6.07) is 5.74. The van der Waals surface area contributed by atoms with Gasteiger partial charge in [-0.2, -0.15) is 0 Å². The number of allylic oxidation sites excluding steroid dienone is 1. The van der Waals surface area contributed by atoms with Crippen LogP contribution in [0.1, 0.15) is 37.8 Å². The number of carbonyl (C=O) groups is 1. The second kappa shape index (κ2) is 6.61. The summed E-state index contributed by atoms with van der Waals surface area (Å²) in [7, 11) is 1.92. The Morgan fingerprint density at radius 1 is 1.43 bits per heavy atom. The van der Waals surface area contributed by atoms with Crippen molar-refractivity contribution in [3.05, 3.63) is 39.5 Å². The van der Waals surface area contributed by atoms with Crippen molar-refractivity contribution in [2.24, 2.45) is 0 Å². The fraction of sp³-hybridized carbons (Fsp3) is 0.412. The summed E-state index contributed by atoms with van der Waals surface area (Å²) < 4.78 is 6.45. The van der Waals surface area contributed by atoms with E-state index in [0.29, 0.717) is 18.1 Å². The van der Waals surface area contributed by atoms with Crippen LogP contribution in [0, 0.1) is 0 Å². The second-order valence-electron chi connectivity index (χ2n) is 5.70. The molecule has 0 fully saturated rings. The van der Waals surface area contributed by atoms with Gasteiger partial charge in [0, 0.05) is 24.7 Å². The molecule has 6 heteroatoms. The predicted molar refractivity (Wildman–Crippen MR) is 97.4 cm³/mol. The van der Waals surface area contributed by atoms with Gasteiger partial charge in [-0.25, -0.2) is 0 Å². The van der Waals surface area contributed by atoms with Crippen molar-refractivity contribution in [3.8, 4) is 5.75 Å². The van der Waals surface area contributed by atoms with Crippen molar-refractivity contribution in [1.29, 1.82) is 0 Å². The van der Waals surface area contributed by atoms with Crippen molar-refractivity contribution >= 4 is 39.0 Å². The van der Waals surface area contributed by atoms with Gasteiger partial charge in [0.05, 0.1) is 17.1 Å². The van der Waals surface area contributed by atoms with Gasteiger partial charge >= 0.3 is 0 Å². The van der Waals surface area contributed by atoms with Crippen molar-refractivity contribution in [2.75, 3.05) is 13.7 Å². The average Bonchev–Trinajstić information content (AvgIpc) is 2.53. The van der Waals surface area contributed by atoms with E-state index >= 15 is 0 Å². The molecule has 4 nitrogen and oxygen atoms in total. The predicted octanol–water partition coefficient (Wildman–Crippen LogP) is 3.72. The first-order chi connectivity index (χ1) is 11.0. The minimum absolute atomic E-state index is 0.187. The molecule has 0 aromatic heterocycles. The summed E-state index contributed by atoms with van der Waals surface area (Å²) in [5.74, 6) is 1.01. The largest absolute Gasteiger partial charge is 0.493 e. The van der Waals surface area contributed by atoms with Crippen LogP contribution in [0.5, 0.6) is 5.75 Å². The Labute approximate surface area is 150 Å². The number of benzene rings is 1. The first-order valence-electron chi connectivity index (χ1n) is 7.75. The van der Waals surface area contributed by atoms with Crippen LogP contribution in [0.25, 0.3) is 0 Å². The normalized spacial score (nSPS) is 21.2. The first-order valence-corrected chi connectivity index (χ1v) is 8.95. The average molecular weight is 395 g/mol. The zero-order valence-electron chi connectivity index (χ0n) is 13.2. The van der Waals surface area contributed by atoms with Crippen LogP contribution in [0.4, 0.5) is 0 Å². The quantitative estimate of drug-likeness (QED) is 0.791. The van der Waals surface area contributed by atoms with Crippen LogP contribution in [-0.4, -0.2) is 29.5 Å². The number of ether oxygens (including phenoxy) is 1. The highest BCUT2D eigenvalue weighted by atomic mass is 79.9. The summed E-state index contributed by atoms with van der Waals surface area (Å²) in [5, 5.41) is 3.97. The molecule has 3 rings (SSSR count). The lowest BCUT2D eigenvalue weighted by Crippen LogP contribution is -2.47. The summed E-state index contributed by atoms with van der Waals surface area (Å²) >= 11 is 8.99. The van der Waals surface area contributed by atoms with Crippen molar-refractivity contribution < 1.29 is 9.53 Å². The van der Waals surface area contributed by atoms with Crippen LogP contribution in [0.15, 0.2) is 33.9 Å². The van der Waals surface area contributed by atoms with Gasteiger partial charge in [-0.3, -0.25) is 4.79 Å². The number of nitrogens with zero attached hydrogens (tertiary/aromatic N) is 1. The molecule has 1 heterocycles. The number of Topliss-reactive ketones (excluding diaryl/α,β-unsaturated/α-hetero) is 1. The molecule has 0 saturated carbocycles. The highest BCUT2D eigenvalue weighted by Crippen LogP contribution is 2.38. The maximum Gasteiger partial charge on any atom is 0.173 e. The standard InChI is InChI=1S/C17H19BrN2O2S/c1-3-22-14-8-7-10(9-11(14)18)16-15-12(5-4-6-13(15)21)20(2)17(23)19-16/h7-9,16H,3-6H2,1-2H3,(H,19,23). The number of ketones is 1. The van der Waals surface area contributed by atoms with Gasteiger partial charge in [-0.1, -0.05) is 6.07 Å². The molecule has 1 aliphatic carbocycles. The van der Waals surface area contributed by atoms with Gasteiger partial charge in [-0.15, -0.1) is 0 Å². The zero-order chi connectivity index (χ0) is 16.6. The molecule has 0 spiro atoms. The minimum Gasteiger partial charge on any atom is -0.493 e. The minimum atomic E-state index is -0.187. The van der Waals surface area contributed by atoms with E-state index in [2.05, 4.69) is 21.2 Å². The number of nitrogens with one attached hydrogen (secondary N) is 1. The van der Waals surface area contributed by atoms with E-state index < -0.39 is 0 Å². The van der Waals surface area contributed by atoms with Crippen LogP contribution < -0.4 is 10.1 Å². The number of hydrogen-bond donors (Lipinski definition) is 1. The zero-order valence-corrected chi connectivity index (χ0v) is 15.6. The molecule has 1 aromatic carbocycles. The molecule has 1 N–H and O–H groups in total. The van der Waals surface area contributed by atoms with Crippen LogP contribution in [0.3, 0.4) is 0 Å². The highest BCUT2D eigenvalue weighted by Gasteiger charge is 2.35. The van der Waals surface area contributed by atoms with Gasteiger partial charge in [0.2, 0.25) is 0 Å². The second-order valence-corrected chi connectivity index (χ2v) is 6.94. The third kappa shape index (κ3) is 3.02. The van der Waals surface area contributed by atoms with E-state index in [4.69, 9.17) is 17.0 Å². The van der Waals surface area contributed by atoms with Gasteiger partial charge in [0.25, 0.3) is 0 Å². The Kier molecular flexibility index (Phi) is 4.73. The SMILES string of the molecule is CCOc1ccc(C2NC(=S)N(C)C3=C2C(=O)CCC3)cc1Br. The molecule has 0 radical (unpaired) electrons. The molecule has 1 atom stereocenters. The van der Waals surface area contributed by atoms with Crippen LogP contribution in [-0.2, 0) is 4.79 Å². The van der Waals surface area contributed by atoms with E-state index in [1.165, 1.54) is 0 Å². The Bertz CT molecular complexity index is 702. The number of halogens is 1. The molecule has 23 heavy (non-hydrogen) atoms. The molecule has 2 aliphatic rings. The molecule has 1 aromatic rings. The van der Waals surface area contributed by atoms with E-state index in [-0.39, 0.29) is 11.8 Å². The van der Waals surface area contributed by atoms with Gasteiger partial charge in [0.1, 0.15) is 5.75 Å². The first kappa shape index (κ1) is 16.5. The van der Waals surface area contributed by atoms with E-state index in [1.54, 1.807) is 0 Å². The number of hydrogen-bond acceptors (Lipinski definition) is 3. The Morgan fingerprint density at radius 3 is 2.91 bits per heavy atom. The van der Waals surface area contributed by atoms with Crippen LogP contribution >= 0.6 is 28.1 Å². The Balaban J connectivity index is 2.04. The van der Waals surface area contributed by atoms with Gasteiger partial charge < -0.3 is 15.0 Å². The van der Waals surface area contributed by atoms with Crippen molar-refractivity contribution in [1.82, 2.24) is 10.2 Å². The molecule has 0 bridgehead atoms. The maximum atomic E-state index is 12.5. The lowest BCUT2D eigenvalue weighted by Gasteiger charge is -2.39. The molecule has 1 aliphatic heterocycles. The van der Waals surface area contributed by atoms with E-state index in [1.807, 2.05) is 37.1 Å². The molecule has 1 unspecified atom stereocenters. The molecule has 0 saturated heterocycles. The fourth-order valence-electron chi connectivity index (χ4n) is 3.16. The number of carbonyl (C=O) groups excluding carboxylic acids is 1. The number of thiocarbonyl (C=S) groups is 1. The molecule has 0 amide bonds. The van der Waals surface area contributed by atoms with Crippen molar-refractivity contribution in [2.45, 2.75) is 32.2 Å². The van der Waals surface area contributed by atoms with Crippen LogP contribution in [0.2, 0.25) is 0 Å².